The number of hydrogen-bond donors (Lipinski definition) is 0. The Balaban J connectivity index is 1.92. The largest absolute Gasteiger partial charge is 0.465 e. The van der Waals surface area contributed by atoms with Crippen LogP contribution in [0.2, 0.25) is 0 Å². The van der Waals surface area contributed by atoms with E-state index in [0.717, 1.165) is 20.6 Å². The molecular formula is C22H15BrO3. The Kier molecular flexibility index (Phi) is 4.35. The predicted molar refractivity (Wildman–Crippen MR) is 107 cm³/mol. The van der Waals surface area contributed by atoms with Crippen molar-refractivity contribution in [2.45, 2.75) is 0 Å². The molecule has 0 saturated carbocycles. The first kappa shape index (κ1) is 16.6. The van der Waals surface area contributed by atoms with Gasteiger partial charge in [-0.05, 0) is 40.4 Å². The highest BCUT2D eigenvalue weighted by Crippen LogP contribution is 2.37. The van der Waals surface area contributed by atoms with Gasteiger partial charge in [0, 0.05) is 9.86 Å². The highest BCUT2D eigenvalue weighted by Gasteiger charge is 2.16. The molecule has 0 aliphatic carbocycles. The van der Waals surface area contributed by atoms with Gasteiger partial charge in [-0.1, -0.05) is 64.5 Å². The third kappa shape index (κ3) is 2.93. The van der Waals surface area contributed by atoms with Gasteiger partial charge in [-0.25, -0.2) is 4.79 Å². The van der Waals surface area contributed by atoms with Gasteiger partial charge in [0.25, 0.3) is 0 Å². The van der Waals surface area contributed by atoms with E-state index in [1.54, 1.807) is 12.1 Å². The first-order valence-electron chi connectivity index (χ1n) is 8.13. The lowest BCUT2D eigenvalue weighted by molar-refractivity contribution is 0.0598. The molecule has 0 bridgehead atoms. The number of esters is 1. The SMILES string of the molecule is COC(=O)c1cc(Br)ccc1Oc1cc2ccccc2c2ccccc12. The van der Waals surface area contributed by atoms with Crippen molar-refractivity contribution in [1.29, 1.82) is 0 Å². The van der Waals surface area contributed by atoms with Crippen LogP contribution in [0.5, 0.6) is 11.5 Å². The molecule has 0 unspecified atom stereocenters. The minimum Gasteiger partial charge on any atom is -0.465 e. The van der Waals surface area contributed by atoms with E-state index < -0.39 is 5.97 Å². The van der Waals surface area contributed by atoms with Gasteiger partial charge in [0.2, 0.25) is 0 Å². The minimum atomic E-state index is -0.439. The summed E-state index contributed by atoms with van der Waals surface area (Å²) in [6, 6.07) is 23.6. The van der Waals surface area contributed by atoms with Crippen molar-refractivity contribution >= 4 is 43.4 Å². The zero-order chi connectivity index (χ0) is 18.1. The maximum absolute atomic E-state index is 12.1. The summed E-state index contributed by atoms with van der Waals surface area (Å²) < 4.78 is 11.9. The lowest BCUT2D eigenvalue weighted by atomic mass is 10.0. The van der Waals surface area contributed by atoms with Crippen LogP contribution in [0.1, 0.15) is 10.4 Å². The number of ether oxygens (including phenoxy) is 2. The fourth-order valence-electron chi connectivity index (χ4n) is 3.08. The standard InChI is InChI=1S/C22H15BrO3/c1-25-22(24)19-13-15(23)10-11-20(19)26-21-12-14-6-2-3-7-16(14)17-8-4-5-9-18(17)21/h2-13H,1H3. The van der Waals surface area contributed by atoms with E-state index in [0.29, 0.717) is 17.1 Å². The van der Waals surface area contributed by atoms with E-state index in [1.807, 2.05) is 42.5 Å². The summed E-state index contributed by atoms with van der Waals surface area (Å²) in [5.41, 5.74) is 0.374. The average molecular weight is 407 g/mol. The minimum absolute atomic E-state index is 0.374. The van der Waals surface area contributed by atoms with Crippen molar-refractivity contribution < 1.29 is 14.3 Å². The summed E-state index contributed by atoms with van der Waals surface area (Å²) in [5.74, 6) is 0.721. The van der Waals surface area contributed by atoms with Gasteiger partial charge in [-0.2, -0.15) is 0 Å². The average Bonchev–Trinajstić information content (AvgIpc) is 2.69. The Labute approximate surface area is 159 Å². The summed E-state index contributed by atoms with van der Waals surface area (Å²) in [5, 5.41) is 4.35. The first-order valence-corrected chi connectivity index (χ1v) is 8.93. The quantitative estimate of drug-likeness (QED) is 0.294. The van der Waals surface area contributed by atoms with Gasteiger partial charge in [-0.15, -0.1) is 0 Å². The summed E-state index contributed by atoms with van der Waals surface area (Å²) in [4.78, 5) is 12.1. The third-order valence-corrected chi connectivity index (χ3v) is 4.79. The molecule has 4 rings (SSSR count). The maximum Gasteiger partial charge on any atom is 0.341 e. The lowest BCUT2D eigenvalue weighted by Crippen LogP contribution is -2.04. The summed E-state index contributed by atoms with van der Waals surface area (Å²) in [7, 11) is 1.36. The molecular weight excluding hydrogens is 392 g/mol. The Morgan fingerprint density at radius 1 is 0.808 bits per heavy atom. The predicted octanol–water partition coefficient (Wildman–Crippen LogP) is 6.33. The molecule has 4 aromatic rings. The van der Waals surface area contributed by atoms with Crippen LogP contribution in [-0.4, -0.2) is 13.1 Å². The highest BCUT2D eigenvalue weighted by atomic mass is 79.9. The van der Waals surface area contributed by atoms with Crippen LogP contribution in [0.4, 0.5) is 0 Å². The number of benzene rings is 4. The zero-order valence-corrected chi connectivity index (χ0v) is 15.6. The van der Waals surface area contributed by atoms with Gasteiger partial charge >= 0.3 is 5.97 Å². The topological polar surface area (TPSA) is 35.5 Å². The van der Waals surface area contributed by atoms with Crippen molar-refractivity contribution in [2.24, 2.45) is 0 Å². The van der Waals surface area contributed by atoms with E-state index in [1.165, 1.54) is 12.5 Å². The Bertz CT molecular complexity index is 1130. The van der Waals surface area contributed by atoms with Gasteiger partial charge < -0.3 is 9.47 Å². The monoisotopic (exact) mass is 406 g/mol. The fraction of sp³-hybridized carbons (Fsp3) is 0.0455. The van der Waals surface area contributed by atoms with Crippen LogP contribution in [0.15, 0.2) is 77.3 Å². The molecule has 4 heteroatoms. The molecule has 0 heterocycles. The van der Waals surface area contributed by atoms with Gasteiger partial charge in [0.05, 0.1) is 7.11 Å². The molecule has 0 spiro atoms. The first-order chi connectivity index (χ1) is 12.7. The molecule has 4 aromatic carbocycles. The summed E-state index contributed by atoms with van der Waals surface area (Å²) in [6.45, 7) is 0. The molecule has 0 saturated heterocycles. The second kappa shape index (κ2) is 6.81. The van der Waals surface area contributed by atoms with Crippen molar-refractivity contribution in [3.8, 4) is 11.5 Å². The molecule has 0 amide bonds. The Morgan fingerprint density at radius 3 is 2.27 bits per heavy atom. The van der Waals surface area contributed by atoms with E-state index in [4.69, 9.17) is 9.47 Å². The fourth-order valence-corrected chi connectivity index (χ4v) is 3.44. The van der Waals surface area contributed by atoms with Crippen LogP contribution in [0.25, 0.3) is 21.5 Å². The van der Waals surface area contributed by atoms with Gasteiger partial charge in [0.15, 0.2) is 0 Å². The number of hydrogen-bond acceptors (Lipinski definition) is 3. The highest BCUT2D eigenvalue weighted by molar-refractivity contribution is 9.10. The lowest BCUT2D eigenvalue weighted by Gasteiger charge is -2.14. The van der Waals surface area contributed by atoms with E-state index >= 15 is 0 Å². The number of methoxy groups -OCH3 is 1. The van der Waals surface area contributed by atoms with Crippen molar-refractivity contribution in [3.05, 3.63) is 82.8 Å². The second-order valence-corrected chi connectivity index (χ2v) is 6.79. The molecule has 0 N–H and O–H groups in total. The number of carbonyl (C=O) groups is 1. The Morgan fingerprint density at radius 2 is 1.50 bits per heavy atom. The van der Waals surface area contributed by atoms with E-state index in [9.17, 15) is 4.79 Å². The molecule has 3 nitrogen and oxygen atoms in total. The molecule has 128 valence electrons. The van der Waals surface area contributed by atoms with Crippen molar-refractivity contribution in [3.63, 3.8) is 0 Å². The van der Waals surface area contributed by atoms with Crippen molar-refractivity contribution in [1.82, 2.24) is 0 Å². The molecule has 0 radical (unpaired) electrons. The summed E-state index contributed by atoms with van der Waals surface area (Å²) >= 11 is 3.39. The second-order valence-electron chi connectivity index (χ2n) is 5.88. The van der Waals surface area contributed by atoms with Crippen LogP contribution < -0.4 is 4.74 Å². The number of rotatable bonds is 3. The van der Waals surface area contributed by atoms with E-state index in [2.05, 4.69) is 34.1 Å². The van der Waals surface area contributed by atoms with Crippen LogP contribution >= 0.6 is 15.9 Å². The number of carbonyl (C=O) groups excluding carboxylic acids is 1. The van der Waals surface area contributed by atoms with Crippen LogP contribution in [0, 0.1) is 0 Å². The molecule has 0 fully saturated rings. The van der Waals surface area contributed by atoms with Crippen LogP contribution in [-0.2, 0) is 4.74 Å². The molecule has 0 atom stereocenters. The molecule has 0 aromatic heterocycles. The zero-order valence-electron chi connectivity index (χ0n) is 14.0. The number of fused-ring (bicyclic) bond motifs is 3. The normalized spacial score (nSPS) is 10.8. The Hall–Kier alpha value is -2.85. The smallest absolute Gasteiger partial charge is 0.341 e. The molecule has 0 aliphatic heterocycles. The van der Waals surface area contributed by atoms with Gasteiger partial charge in [-0.3, -0.25) is 0 Å². The molecule has 26 heavy (non-hydrogen) atoms. The third-order valence-electron chi connectivity index (χ3n) is 4.30. The van der Waals surface area contributed by atoms with Gasteiger partial charge in [0.1, 0.15) is 17.1 Å². The molecule has 0 aliphatic rings. The maximum atomic E-state index is 12.1. The summed E-state index contributed by atoms with van der Waals surface area (Å²) in [6.07, 6.45) is 0. The van der Waals surface area contributed by atoms with Crippen LogP contribution in [0.3, 0.4) is 0 Å². The van der Waals surface area contributed by atoms with E-state index in [-0.39, 0.29) is 0 Å². The number of halogens is 1. The van der Waals surface area contributed by atoms with Crippen molar-refractivity contribution in [2.75, 3.05) is 7.11 Å².